The van der Waals surface area contributed by atoms with Crippen LogP contribution in [0.3, 0.4) is 0 Å². The van der Waals surface area contributed by atoms with Crippen LogP contribution in [0.2, 0.25) is 4.34 Å². The van der Waals surface area contributed by atoms with Crippen molar-refractivity contribution in [2.75, 3.05) is 21.3 Å². The summed E-state index contributed by atoms with van der Waals surface area (Å²) >= 11 is 11.4. The molecule has 1 aromatic carbocycles. The number of benzene rings is 1. The van der Waals surface area contributed by atoms with E-state index in [-0.39, 0.29) is 4.83 Å². The third-order valence-electron chi connectivity index (χ3n) is 3.13. The molecular formula is C15H16BrClO3S. The predicted octanol–water partition coefficient (Wildman–Crippen LogP) is 5.22. The number of ether oxygens (including phenoxy) is 3. The van der Waals surface area contributed by atoms with E-state index in [0.29, 0.717) is 17.2 Å². The molecule has 2 rings (SSSR count). The second-order valence-electron chi connectivity index (χ2n) is 4.39. The van der Waals surface area contributed by atoms with Crippen LogP contribution < -0.4 is 14.2 Å². The van der Waals surface area contributed by atoms with Crippen LogP contribution in [-0.4, -0.2) is 21.3 Å². The molecule has 0 aliphatic carbocycles. The Labute approximate surface area is 141 Å². The zero-order chi connectivity index (χ0) is 15.6. The van der Waals surface area contributed by atoms with E-state index in [1.807, 2.05) is 19.1 Å². The molecule has 0 radical (unpaired) electrons. The first-order chi connectivity index (χ1) is 10.0. The topological polar surface area (TPSA) is 27.7 Å². The molecular weight excluding hydrogens is 376 g/mol. The summed E-state index contributed by atoms with van der Waals surface area (Å²) in [7, 11) is 4.82. The van der Waals surface area contributed by atoms with Crippen LogP contribution in [0, 0.1) is 6.92 Å². The monoisotopic (exact) mass is 390 g/mol. The Morgan fingerprint density at radius 3 is 2.24 bits per heavy atom. The lowest BCUT2D eigenvalue weighted by Crippen LogP contribution is -2.00. The van der Waals surface area contributed by atoms with Crippen LogP contribution in [0.5, 0.6) is 17.2 Å². The molecule has 0 aliphatic heterocycles. The van der Waals surface area contributed by atoms with Crippen LogP contribution in [0.15, 0.2) is 18.2 Å². The van der Waals surface area contributed by atoms with E-state index in [4.69, 9.17) is 25.8 Å². The minimum absolute atomic E-state index is 0.0246. The molecule has 114 valence electrons. The second-order valence-corrected chi connectivity index (χ2v) is 6.99. The highest BCUT2D eigenvalue weighted by Crippen LogP contribution is 2.48. The maximum Gasteiger partial charge on any atom is 0.203 e. The summed E-state index contributed by atoms with van der Waals surface area (Å²) in [6.45, 7) is 1.99. The molecule has 0 bridgehead atoms. The van der Waals surface area contributed by atoms with Gasteiger partial charge in [0.2, 0.25) is 5.75 Å². The molecule has 0 N–H and O–H groups in total. The van der Waals surface area contributed by atoms with Crippen LogP contribution >= 0.6 is 38.9 Å². The number of alkyl halides is 1. The molecule has 1 atom stereocenters. The molecule has 0 spiro atoms. The van der Waals surface area contributed by atoms with Crippen molar-refractivity contribution in [1.82, 2.24) is 0 Å². The summed E-state index contributed by atoms with van der Waals surface area (Å²) in [6, 6.07) is 5.90. The third-order valence-corrected chi connectivity index (χ3v) is 6.04. The quantitative estimate of drug-likeness (QED) is 0.654. The van der Waals surface area contributed by atoms with Gasteiger partial charge in [-0.3, -0.25) is 0 Å². The molecule has 6 heteroatoms. The van der Waals surface area contributed by atoms with E-state index < -0.39 is 0 Å². The summed E-state index contributed by atoms with van der Waals surface area (Å²) in [5.41, 5.74) is 2.04. The second kappa shape index (κ2) is 6.90. The highest BCUT2D eigenvalue weighted by atomic mass is 79.9. The lowest BCUT2D eigenvalue weighted by Gasteiger charge is -2.18. The van der Waals surface area contributed by atoms with Gasteiger partial charge in [0.25, 0.3) is 0 Å². The molecule has 0 fully saturated rings. The van der Waals surface area contributed by atoms with E-state index in [2.05, 4.69) is 22.0 Å². The normalized spacial score (nSPS) is 12.1. The Bertz CT molecular complexity index is 623. The van der Waals surface area contributed by atoms with Crippen molar-refractivity contribution in [3.8, 4) is 17.2 Å². The molecule has 21 heavy (non-hydrogen) atoms. The van der Waals surface area contributed by atoms with Crippen molar-refractivity contribution in [2.24, 2.45) is 0 Å². The zero-order valence-corrected chi connectivity index (χ0v) is 15.4. The fraction of sp³-hybridized carbons (Fsp3) is 0.333. The zero-order valence-electron chi connectivity index (χ0n) is 12.2. The standard InChI is InChI=1S/C15H16BrClO3S/c1-8-7-11(21-15(8)17)12(16)9-5-6-10(18-2)14(20-4)13(9)19-3/h5-7,12H,1-4H3. The Kier molecular flexibility index (Phi) is 5.41. The van der Waals surface area contributed by atoms with E-state index in [1.165, 1.54) is 0 Å². The Morgan fingerprint density at radius 2 is 1.76 bits per heavy atom. The first-order valence-electron chi connectivity index (χ1n) is 6.22. The maximum absolute atomic E-state index is 6.16. The fourth-order valence-corrected chi connectivity index (χ4v) is 4.07. The summed E-state index contributed by atoms with van der Waals surface area (Å²) in [5.74, 6) is 1.88. The summed E-state index contributed by atoms with van der Waals surface area (Å²) in [5, 5.41) is 0. The molecule has 1 heterocycles. The third kappa shape index (κ3) is 3.15. The molecule has 0 aliphatic rings. The van der Waals surface area contributed by atoms with Gasteiger partial charge in [-0.15, -0.1) is 11.3 Å². The largest absolute Gasteiger partial charge is 0.493 e. The van der Waals surface area contributed by atoms with Gasteiger partial charge in [0.05, 0.1) is 30.5 Å². The van der Waals surface area contributed by atoms with Crippen LogP contribution in [0.1, 0.15) is 20.8 Å². The van der Waals surface area contributed by atoms with Gasteiger partial charge in [0.1, 0.15) is 0 Å². The van der Waals surface area contributed by atoms with Crippen molar-refractivity contribution in [2.45, 2.75) is 11.8 Å². The molecule has 0 saturated heterocycles. The van der Waals surface area contributed by atoms with E-state index in [1.54, 1.807) is 32.7 Å². The lowest BCUT2D eigenvalue weighted by atomic mass is 10.1. The van der Waals surface area contributed by atoms with E-state index in [0.717, 1.165) is 20.3 Å². The average molecular weight is 392 g/mol. The van der Waals surface area contributed by atoms with E-state index in [9.17, 15) is 0 Å². The Balaban J connectivity index is 2.52. The van der Waals surface area contributed by atoms with Gasteiger partial charge < -0.3 is 14.2 Å². The number of hydrogen-bond donors (Lipinski definition) is 0. The average Bonchev–Trinajstić information content (AvgIpc) is 2.84. The van der Waals surface area contributed by atoms with Gasteiger partial charge in [-0.2, -0.15) is 0 Å². The number of thiophene rings is 1. The number of hydrogen-bond acceptors (Lipinski definition) is 4. The maximum atomic E-state index is 6.16. The van der Waals surface area contributed by atoms with Gasteiger partial charge in [-0.05, 0) is 30.7 Å². The highest BCUT2D eigenvalue weighted by Gasteiger charge is 2.23. The number of halogens is 2. The Morgan fingerprint density at radius 1 is 1.10 bits per heavy atom. The Hall–Kier alpha value is -0.910. The van der Waals surface area contributed by atoms with Gasteiger partial charge in [0.15, 0.2) is 11.5 Å². The first kappa shape index (κ1) is 16.5. The summed E-state index contributed by atoms with van der Waals surface area (Å²) in [6.07, 6.45) is 0. The SMILES string of the molecule is COc1ccc(C(Br)c2cc(C)c(Cl)s2)c(OC)c1OC. The summed E-state index contributed by atoms with van der Waals surface area (Å²) in [4.78, 5) is 1.09. The smallest absolute Gasteiger partial charge is 0.203 e. The number of methoxy groups -OCH3 is 3. The molecule has 2 aromatic rings. The molecule has 0 amide bonds. The van der Waals surface area contributed by atoms with Gasteiger partial charge in [-0.25, -0.2) is 0 Å². The number of aryl methyl sites for hydroxylation is 1. The highest BCUT2D eigenvalue weighted by molar-refractivity contribution is 9.09. The molecule has 1 aromatic heterocycles. The van der Waals surface area contributed by atoms with E-state index >= 15 is 0 Å². The van der Waals surface area contributed by atoms with Crippen LogP contribution in [0.25, 0.3) is 0 Å². The first-order valence-corrected chi connectivity index (χ1v) is 8.33. The minimum Gasteiger partial charge on any atom is -0.493 e. The summed E-state index contributed by atoms with van der Waals surface area (Å²) < 4.78 is 17.1. The van der Waals surface area contributed by atoms with Gasteiger partial charge >= 0.3 is 0 Å². The fourth-order valence-electron chi connectivity index (χ4n) is 2.09. The minimum atomic E-state index is -0.0246. The predicted molar refractivity (Wildman–Crippen MR) is 90.9 cm³/mol. The van der Waals surface area contributed by atoms with Crippen molar-refractivity contribution < 1.29 is 14.2 Å². The molecule has 0 saturated carbocycles. The van der Waals surface area contributed by atoms with Crippen LogP contribution in [-0.2, 0) is 0 Å². The van der Waals surface area contributed by atoms with Crippen molar-refractivity contribution >= 4 is 38.9 Å². The van der Waals surface area contributed by atoms with Gasteiger partial charge in [0, 0.05) is 10.4 Å². The van der Waals surface area contributed by atoms with Gasteiger partial charge in [-0.1, -0.05) is 27.5 Å². The van der Waals surface area contributed by atoms with Crippen molar-refractivity contribution in [1.29, 1.82) is 0 Å². The van der Waals surface area contributed by atoms with Crippen LogP contribution in [0.4, 0.5) is 0 Å². The lowest BCUT2D eigenvalue weighted by molar-refractivity contribution is 0.322. The van der Waals surface area contributed by atoms with Crippen molar-refractivity contribution in [3.05, 3.63) is 38.5 Å². The molecule has 1 unspecified atom stereocenters. The van der Waals surface area contributed by atoms with Crippen molar-refractivity contribution in [3.63, 3.8) is 0 Å². The molecule has 3 nitrogen and oxygen atoms in total. The number of rotatable bonds is 5.